The highest BCUT2D eigenvalue weighted by Gasteiger charge is 2.31. The topological polar surface area (TPSA) is 84.6 Å². The zero-order chi connectivity index (χ0) is 31.3. The molecule has 0 aliphatic carbocycles. The van der Waals surface area contributed by atoms with E-state index in [0.717, 1.165) is 48.4 Å². The number of halogens is 3. The van der Waals surface area contributed by atoms with Crippen LogP contribution < -0.4 is 15.0 Å². The van der Waals surface area contributed by atoms with Crippen molar-refractivity contribution in [3.05, 3.63) is 89.7 Å². The van der Waals surface area contributed by atoms with E-state index in [4.69, 9.17) is 0 Å². The van der Waals surface area contributed by atoms with E-state index in [1.165, 1.54) is 46.4 Å². The molecule has 5 rings (SSSR count). The van der Waals surface area contributed by atoms with Gasteiger partial charge in [-0.1, -0.05) is 61.5 Å². The lowest BCUT2D eigenvalue weighted by molar-refractivity contribution is -0.274. The van der Waals surface area contributed by atoms with Gasteiger partial charge in [0.2, 0.25) is 0 Å². The first-order valence-electron chi connectivity index (χ1n) is 14.4. The van der Waals surface area contributed by atoms with E-state index in [9.17, 15) is 18.0 Å². The second-order valence-electron chi connectivity index (χ2n) is 10.5. The van der Waals surface area contributed by atoms with E-state index in [1.54, 1.807) is 11.8 Å². The average molecular weight is 623 g/mol. The Kier molecular flexibility index (Phi) is 9.58. The van der Waals surface area contributed by atoms with Crippen LogP contribution in [0.1, 0.15) is 49.4 Å². The molecule has 230 valence electrons. The molecule has 0 bridgehead atoms. The summed E-state index contributed by atoms with van der Waals surface area (Å²) in [6, 6.07) is 18.7. The number of amidine groups is 1. The number of thioether (sulfide) groups is 1. The minimum Gasteiger partial charge on any atom is -0.406 e. The lowest BCUT2D eigenvalue weighted by atomic mass is 10.0. The van der Waals surface area contributed by atoms with E-state index >= 15 is 0 Å². The minimum absolute atomic E-state index is 0.291. The Hall–Kier alpha value is -4.32. The Morgan fingerprint density at radius 1 is 1.11 bits per heavy atom. The molecule has 1 aliphatic heterocycles. The number of aliphatic imine (C=N–C) groups is 1. The first kappa shape index (κ1) is 31.1. The lowest BCUT2D eigenvalue weighted by Gasteiger charge is -2.31. The summed E-state index contributed by atoms with van der Waals surface area (Å²) in [6.07, 6.45) is -0.246. The summed E-state index contributed by atoms with van der Waals surface area (Å²) in [6.45, 7) is 6.96. The highest BCUT2D eigenvalue weighted by atomic mass is 32.2. The van der Waals surface area contributed by atoms with Gasteiger partial charge in [0, 0.05) is 23.5 Å². The number of rotatable bonds is 8. The fraction of sp³-hybridized carbons (Fsp3) is 0.312. The van der Waals surface area contributed by atoms with Crippen LogP contribution in [0, 0.1) is 6.92 Å². The lowest BCUT2D eigenvalue weighted by Crippen LogP contribution is -2.36. The standard InChI is InChI=1S/C32H33F3N6O2S/c1-4-6-24-8-7-21(2)19-28(24)40-17-5-18-44-31(40)38-30(42)37-22(3)23-9-11-25(12-10-23)29-36-20-41(39-29)26-13-15-27(16-14-26)43-32(33,34)35/h7-16,19-20,22H,4-6,17-18H2,1-3H3,(H,37,42)/b38-31-. The summed E-state index contributed by atoms with van der Waals surface area (Å²) in [7, 11) is 0. The van der Waals surface area contributed by atoms with Crippen LogP contribution in [-0.4, -0.2) is 44.6 Å². The van der Waals surface area contributed by atoms with Crippen LogP contribution in [0.4, 0.5) is 23.7 Å². The number of nitrogens with zero attached hydrogens (tertiary/aromatic N) is 5. The summed E-state index contributed by atoms with van der Waals surface area (Å²) in [4.78, 5) is 24.0. The first-order valence-corrected chi connectivity index (χ1v) is 15.4. The van der Waals surface area contributed by atoms with Gasteiger partial charge in [-0.2, -0.15) is 4.99 Å². The second kappa shape index (κ2) is 13.5. The smallest absolute Gasteiger partial charge is 0.406 e. The predicted octanol–water partition coefficient (Wildman–Crippen LogP) is 7.86. The van der Waals surface area contributed by atoms with Crippen molar-refractivity contribution in [3.8, 4) is 22.8 Å². The number of alkyl halides is 3. The Morgan fingerprint density at radius 3 is 2.57 bits per heavy atom. The molecule has 0 saturated carbocycles. The van der Waals surface area contributed by atoms with Crippen molar-refractivity contribution in [1.82, 2.24) is 20.1 Å². The van der Waals surface area contributed by atoms with Gasteiger partial charge in [-0.05, 0) is 73.7 Å². The molecule has 44 heavy (non-hydrogen) atoms. The Labute approximate surface area is 258 Å². The molecule has 2 heterocycles. The summed E-state index contributed by atoms with van der Waals surface area (Å²) in [5.74, 6) is 1.05. The van der Waals surface area contributed by atoms with Gasteiger partial charge in [0.15, 0.2) is 11.0 Å². The van der Waals surface area contributed by atoms with Gasteiger partial charge in [0.25, 0.3) is 0 Å². The molecule has 0 radical (unpaired) electrons. The fourth-order valence-corrected chi connectivity index (χ4v) is 5.86. The van der Waals surface area contributed by atoms with Crippen LogP contribution in [0.5, 0.6) is 5.75 Å². The minimum atomic E-state index is -4.75. The molecule has 1 aliphatic rings. The number of amides is 2. The highest BCUT2D eigenvalue weighted by Crippen LogP contribution is 2.30. The maximum atomic E-state index is 13.0. The SMILES string of the molecule is CCCc1ccc(C)cc1N1CCCS/C1=N\C(=O)NC(C)c1ccc(-c2ncn(-c3ccc(OC(F)(F)F)cc3)n2)cc1. The molecular weight excluding hydrogens is 589 g/mol. The van der Waals surface area contributed by atoms with Crippen LogP contribution in [0.3, 0.4) is 0 Å². The molecule has 2 amide bonds. The van der Waals surface area contributed by atoms with Crippen LogP contribution >= 0.6 is 11.8 Å². The molecule has 8 nitrogen and oxygen atoms in total. The summed E-state index contributed by atoms with van der Waals surface area (Å²) < 4.78 is 42.7. The predicted molar refractivity (Wildman–Crippen MR) is 167 cm³/mol. The Bertz CT molecular complexity index is 1620. The quantitative estimate of drug-likeness (QED) is 0.215. The van der Waals surface area contributed by atoms with Crippen molar-refractivity contribution in [3.63, 3.8) is 0 Å². The molecule has 1 unspecified atom stereocenters. The van der Waals surface area contributed by atoms with E-state index in [1.807, 2.05) is 31.2 Å². The number of aromatic nitrogens is 3. The molecule has 0 spiro atoms. The molecule has 1 atom stereocenters. The number of carbonyl (C=O) groups is 1. The number of hydrogen-bond donors (Lipinski definition) is 1. The van der Waals surface area contributed by atoms with Gasteiger partial charge < -0.3 is 15.0 Å². The third-order valence-corrected chi connectivity index (χ3v) is 8.13. The number of aryl methyl sites for hydroxylation is 2. The maximum absolute atomic E-state index is 13.0. The third kappa shape index (κ3) is 7.79. The van der Waals surface area contributed by atoms with Gasteiger partial charge in [0.1, 0.15) is 12.1 Å². The van der Waals surface area contributed by atoms with Crippen LogP contribution in [0.15, 0.2) is 78.0 Å². The molecule has 4 aromatic rings. The van der Waals surface area contributed by atoms with Crippen molar-refractivity contribution < 1.29 is 22.7 Å². The largest absolute Gasteiger partial charge is 0.573 e. The van der Waals surface area contributed by atoms with Crippen molar-refractivity contribution in [2.24, 2.45) is 4.99 Å². The van der Waals surface area contributed by atoms with E-state index in [-0.39, 0.29) is 11.8 Å². The number of urea groups is 1. The molecule has 1 fully saturated rings. The maximum Gasteiger partial charge on any atom is 0.573 e. The van der Waals surface area contributed by atoms with Crippen molar-refractivity contribution in [2.45, 2.75) is 52.4 Å². The van der Waals surface area contributed by atoms with E-state index in [0.29, 0.717) is 16.7 Å². The summed E-state index contributed by atoms with van der Waals surface area (Å²) >= 11 is 1.60. The molecule has 1 aromatic heterocycles. The highest BCUT2D eigenvalue weighted by molar-refractivity contribution is 8.14. The van der Waals surface area contributed by atoms with E-state index in [2.05, 4.69) is 62.1 Å². The first-order chi connectivity index (χ1) is 21.1. The zero-order valence-corrected chi connectivity index (χ0v) is 25.5. The second-order valence-corrected chi connectivity index (χ2v) is 11.5. The molecule has 12 heteroatoms. The van der Waals surface area contributed by atoms with E-state index < -0.39 is 12.4 Å². The van der Waals surface area contributed by atoms with Gasteiger partial charge in [0.05, 0.1) is 11.7 Å². The summed E-state index contributed by atoms with van der Waals surface area (Å²) in [5.41, 5.74) is 5.73. The van der Waals surface area contributed by atoms with Crippen LogP contribution in [0.2, 0.25) is 0 Å². The van der Waals surface area contributed by atoms with Crippen molar-refractivity contribution >= 4 is 28.6 Å². The molecule has 1 saturated heterocycles. The number of carbonyl (C=O) groups excluding carboxylic acids is 1. The summed E-state index contributed by atoms with van der Waals surface area (Å²) in [5, 5.41) is 8.15. The van der Waals surface area contributed by atoms with Gasteiger partial charge in [-0.3, -0.25) is 0 Å². The number of hydrogen-bond acceptors (Lipinski definition) is 5. The number of nitrogens with one attached hydrogen (secondary N) is 1. The van der Waals surface area contributed by atoms with Crippen molar-refractivity contribution in [1.29, 1.82) is 0 Å². The van der Waals surface area contributed by atoms with Crippen molar-refractivity contribution in [2.75, 3.05) is 17.2 Å². The van der Waals surface area contributed by atoms with Gasteiger partial charge >= 0.3 is 12.4 Å². The fourth-order valence-electron chi connectivity index (χ4n) is 4.91. The molecule has 3 aromatic carbocycles. The third-order valence-electron chi connectivity index (χ3n) is 7.07. The van der Waals surface area contributed by atoms with Gasteiger partial charge in [-0.25, -0.2) is 14.5 Å². The Balaban J connectivity index is 1.24. The number of benzene rings is 3. The monoisotopic (exact) mass is 622 g/mol. The van der Waals surface area contributed by atoms with Crippen LogP contribution in [0.25, 0.3) is 17.1 Å². The van der Waals surface area contributed by atoms with Crippen LogP contribution in [-0.2, 0) is 6.42 Å². The molecular formula is C32H33F3N6O2S. The van der Waals surface area contributed by atoms with Gasteiger partial charge in [-0.15, -0.1) is 18.3 Å². The number of ether oxygens (including phenoxy) is 1. The Morgan fingerprint density at radius 2 is 1.86 bits per heavy atom. The zero-order valence-electron chi connectivity index (χ0n) is 24.6. The number of anilines is 1. The average Bonchev–Trinajstić information content (AvgIpc) is 3.49. The molecule has 1 N–H and O–H groups in total. The normalized spacial score (nSPS) is 15.3.